The number of nitrogens with zero attached hydrogens (tertiary/aromatic N) is 1. The standard InChI is InChI=1S/C20H32N4O4/c1-5-21-18(22-10-6-11-24-19(25)28-20(2,3)4)23-12-9-15-7-8-16-17(13-15)27-14-26-16/h7-8,13H,5-6,9-12,14H2,1-4H3,(H,24,25)(H2,21,22,23). The third-order valence-electron chi connectivity index (χ3n) is 3.76. The molecule has 3 N–H and O–H groups in total. The van der Waals surface area contributed by atoms with E-state index in [2.05, 4.69) is 20.9 Å². The third-order valence-corrected chi connectivity index (χ3v) is 3.76. The Balaban J connectivity index is 1.68. The van der Waals surface area contributed by atoms with E-state index in [0.29, 0.717) is 13.1 Å². The van der Waals surface area contributed by atoms with Crippen LogP contribution in [0.2, 0.25) is 0 Å². The van der Waals surface area contributed by atoms with Gasteiger partial charge in [0.1, 0.15) is 5.60 Å². The fourth-order valence-corrected chi connectivity index (χ4v) is 2.54. The van der Waals surface area contributed by atoms with Gasteiger partial charge in [0.2, 0.25) is 6.79 Å². The number of carbonyl (C=O) groups excluding carboxylic acids is 1. The molecule has 1 heterocycles. The predicted octanol–water partition coefficient (Wildman–Crippen LogP) is 2.43. The van der Waals surface area contributed by atoms with Crippen LogP contribution in [0.25, 0.3) is 0 Å². The van der Waals surface area contributed by atoms with Gasteiger partial charge < -0.3 is 30.2 Å². The van der Waals surface area contributed by atoms with E-state index in [-0.39, 0.29) is 6.79 Å². The molecule has 1 aromatic carbocycles. The summed E-state index contributed by atoms with van der Waals surface area (Å²) in [5.41, 5.74) is 0.691. The fraction of sp³-hybridized carbons (Fsp3) is 0.600. The van der Waals surface area contributed by atoms with Crippen LogP contribution in [-0.2, 0) is 11.2 Å². The van der Waals surface area contributed by atoms with E-state index < -0.39 is 11.7 Å². The Morgan fingerprint density at radius 1 is 1.14 bits per heavy atom. The normalized spacial score (nSPS) is 13.2. The molecule has 0 saturated carbocycles. The van der Waals surface area contributed by atoms with Gasteiger partial charge in [0, 0.05) is 26.2 Å². The first-order valence-electron chi connectivity index (χ1n) is 9.75. The van der Waals surface area contributed by atoms with Crippen molar-refractivity contribution in [1.82, 2.24) is 16.0 Å². The lowest BCUT2D eigenvalue weighted by Crippen LogP contribution is -2.38. The number of benzene rings is 1. The van der Waals surface area contributed by atoms with Gasteiger partial charge in [-0.25, -0.2) is 4.79 Å². The molecule has 2 rings (SSSR count). The van der Waals surface area contributed by atoms with Crippen LogP contribution in [0.1, 0.15) is 39.7 Å². The zero-order chi connectivity index (χ0) is 20.4. The first-order chi connectivity index (χ1) is 13.4. The second-order valence-corrected chi connectivity index (χ2v) is 7.41. The topological polar surface area (TPSA) is 93.2 Å². The van der Waals surface area contributed by atoms with Crippen molar-refractivity contribution in [2.24, 2.45) is 4.99 Å². The summed E-state index contributed by atoms with van der Waals surface area (Å²) in [7, 11) is 0. The maximum atomic E-state index is 11.6. The summed E-state index contributed by atoms with van der Waals surface area (Å²) in [5.74, 6) is 2.36. The lowest BCUT2D eigenvalue weighted by Gasteiger charge is -2.19. The summed E-state index contributed by atoms with van der Waals surface area (Å²) < 4.78 is 15.9. The van der Waals surface area contributed by atoms with E-state index in [1.807, 2.05) is 45.9 Å². The number of ether oxygens (including phenoxy) is 3. The first kappa shape index (κ1) is 21.7. The number of alkyl carbamates (subject to hydrolysis) is 1. The van der Waals surface area contributed by atoms with E-state index >= 15 is 0 Å². The van der Waals surface area contributed by atoms with E-state index in [0.717, 1.165) is 43.4 Å². The molecule has 0 spiro atoms. The fourth-order valence-electron chi connectivity index (χ4n) is 2.54. The number of carbonyl (C=O) groups is 1. The maximum Gasteiger partial charge on any atom is 0.407 e. The SMILES string of the molecule is CCNC(=NCCCNC(=O)OC(C)(C)C)NCCc1ccc2c(c1)OCO2. The van der Waals surface area contributed by atoms with Gasteiger partial charge in [0.25, 0.3) is 0 Å². The molecule has 1 aliphatic heterocycles. The molecule has 1 amide bonds. The minimum absolute atomic E-state index is 0.289. The first-order valence-corrected chi connectivity index (χ1v) is 9.75. The summed E-state index contributed by atoms with van der Waals surface area (Å²) in [6, 6.07) is 5.99. The quantitative estimate of drug-likeness (QED) is 0.357. The molecule has 8 heteroatoms. The van der Waals surface area contributed by atoms with Gasteiger partial charge in [0.05, 0.1) is 0 Å². The van der Waals surface area contributed by atoms with Gasteiger partial charge in [-0.05, 0) is 58.2 Å². The van der Waals surface area contributed by atoms with E-state index in [9.17, 15) is 4.79 Å². The van der Waals surface area contributed by atoms with E-state index in [4.69, 9.17) is 14.2 Å². The van der Waals surface area contributed by atoms with Crippen LogP contribution in [0.4, 0.5) is 4.79 Å². The van der Waals surface area contributed by atoms with Crippen molar-refractivity contribution in [2.75, 3.05) is 33.0 Å². The number of hydrogen-bond acceptors (Lipinski definition) is 5. The number of fused-ring (bicyclic) bond motifs is 1. The van der Waals surface area contributed by atoms with E-state index in [1.54, 1.807) is 0 Å². The predicted molar refractivity (Wildman–Crippen MR) is 109 cm³/mol. The van der Waals surface area contributed by atoms with Crippen LogP contribution in [0.15, 0.2) is 23.2 Å². The summed E-state index contributed by atoms with van der Waals surface area (Å²) in [4.78, 5) is 16.1. The van der Waals surface area contributed by atoms with Gasteiger partial charge in [-0.15, -0.1) is 0 Å². The van der Waals surface area contributed by atoms with Gasteiger partial charge in [-0.3, -0.25) is 4.99 Å². The summed E-state index contributed by atoms with van der Waals surface area (Å²) in [5, 5.41) is 9.28. The van der Waals surface area contributed by atoms with Crippen molar-refractivity contribution >= 4 is 12.1 Å². The number of hydrogen-bond donors (Lipinski definition) is 3. The van der Waals surface area contributed by atoms with E-state index in [1.165, 1.54) is 5.56 Å². The largest absolute Gasteiger partial charge is 0.454 e. The monoisotopic (exact) mass is 392 g/mol. The third kappa shape index (κ3) is 7.94. The van der Waals surface area contributed by atoms with Crippen LogP contribution < -0.4 is 25.4 Å². The Labute approximate surface area is 167 Å². The van der Waals surface area contributed by atoms with Crippen LogP contribution in [0.3, 0.4) is 0 Å². The Morgan fingerprint density at radius 2 is 1.93 bits per heavy atom. The molecular formula is C20H32N4O4. The zero-order valence-electron chi connectivity index (χ0n) is 17.3. The van der Waals surface area contributed by atoms with Gasteiger partial charge in [-0.1, -0.05) is 6.07 Å². The molecule has 0 atom stereocenters. The lowest BCUT2D eigenvalue weighted by molar-refractivity contribution is 0.0527. The molecular weight excluding hydrogens is 360 g/mol. The molecule has 28 heavy (non-hydrogen) atoms. The van der Waals surface area contributed by atoms with Crippen LogP contribution in [-0.4, -0.2) is 50.6 Å². The second-order valence-electron chi connectivity index (χ2n) is 7.41. The van der Waals surface area contributed by atoms with Crippen LogP contribution in [0, 0.1) is 0 Å². The molecule has 0 unspecified atom stereocenters. The van der Waals surface area contributed by atoms with Crippen molar-refractivity contribution in [1.29, 1.82) is 0 Å². The average molecular weight is 393 g/mol. The Bertz CT molecular complexity index is 671. The minimum Gasteiger partial charge on any atom is -0.454 e. The molecule has 156 valence electrons. The van der Waals surface area contributed by atoms with Crippen molar-refractivity contribution in [3.63, 3.8) is 0 Å². The molecule has 0 aliphatic carbocycles. The van der Waals surface area contributed by atoms with Gasteiger partial charge >= 0.3 is 6.09 Å². The molecule has 1 aliphatic rings. The highest BCUT2D eigenvalue weighted by molar-refractivity contribution is 5.79. The molecule has 0 radical (unpaired) electrons. The molecule has 0 bridgehead atoms. The summed E-state index contributed by atoms with van der Waals surface area (Å²) >= 11 is 0. The van der Waals surface area contributed by atoms with Crippen molar-refractivity contribution in [3.8, 4) is 11.5 Å². The smallest absolute Gasteiger partial charge is 0.407 e. The maximum absolute atomic E-state index is 11.6. The lowest BCUT2D eigenvalue weighted by atomic mass is 10.1. The van der Waals surface area contributed by atoms with Gasteiger partial charge in [-0.2, -0.15) is 0 Å². The Hall–Kier alpha value is -2.64. The Morgan fingerprint density at radius 3 is 2.68 bits per heavy atom. The minimum atomic E-state index is -0.484. The van der Waals surface area contributed by atoms with Crippen molar-refractivity contribution in [2.45, 2.75) is 46.1 Å². The van der Waals surface area contributed by atoms with Crippen molar-refractivity contribution in [3.05, 3.63) is 23.8 Å². The highest BCUT2D eigenvalue weighted by Crippen LogP contribution is 2.32. The second kappa shape index (κ2) is 10.6. The number of nitrogens with one attached hydrogen (secondary N) is 3. The summed E-state index contributed by atoms with van der Waals surface area (Å²) in [6.07, 6.45) is 1.18. The molecule has 0 fully saturated rings. The van der Waals surface area contributed by atoms with Crippen LogP contribution in [0.5, 0.6) is 11.5 Å². The number of guanidine groups is 1. The molecule has 8 nitrogen and oxygen atoms in total. The number of aliphatic imine (C=N–C) groups is 1. The number of amides is 1. The van der Waals surface area contributed by atoms with Crippen LogP contribution >= 0.6 is 0 Å². The Kier molecular flexibility index (Phi) is 8.22. The summed E-state index contributed by atoms with van der Waals surface area (Å²) in [6.45, 7) is 10.5. The van der Waals surface area contributed by atoms with Crippen molar-refractivity contribution < 1.29 is 19.0 Å². The molecule has 1 aromatic rings. The number of rotatable bonds is 8. The zero-order valence-corrected chi connectivity index (χ0v) is 17.3. The average Bonchev–Trinajstić information content (AvgIpc) is 3.07. The highest BCUT2D eigenvalue weighted by Gasteiger charge is 2.15. The van der Waals surface area contributed by atoms with Gasteiger partial charge in [0.15, 0.2) is 17.5 Å². The highest BCUT2D eigenvalue weighted by atomic mass is 16.7. The molecule has 0 aromatic heterocycles. The molecule has 0 saturated heterocycles.